The summed E-state index contributed by atoms with van der Waals surface area (Å²) in [7, 11) is 0. The Morgan fingerprint density at radius 1 is 1.38 bits per heavy atom. The predicted octanol–water partition coefficient (Wildman–Crippen LogP) is 0.752. The van der Waals surface area contributed by atoms with Gasteiger partial charge in [0.2, 0.25) is 0 Å². The summed E-state index contributed by atoms with van der Waals surface area (Å²) >= 11 is 0. The molecule has 4 nitrogen and oxygen atoms in total. The second kappa shape index (κ2) is 4.18. The highest BCUT2D eigenvalue weighted by atomic mass is 16.5. The lowest BCUT2D eigenvalue weighted by molar-refractivity contribution is -0.312. The zero-order valence-corrected chi connectivity index (χ0v) is 8.71. The first kappa shape index (κ1) is 10.4. The van der Waals surface area contributed by atoms with Gasteiger partial charge in [0.15, 0.2) is 0 Å². The Balaban J connectivity index is 2.41. The number of hydrogen-bond donors (Lipinski definition) is 0. The lowest BCUT2D eigenvalue weighted by atomic mass is 10.2. The van der Waals surface area contributed by atoms with Crippen molar-refractivity contribution in [3.63, 3.8) is 0 Å². The Morgan fingerprint density at radius 2 is 2.12 bits per heavy atom. The summed E-state index contributed by atoms with van der Waals surface area (Å²) in [5.74, 6) is -0.789. The van der Waals surface area contributed by atoms with Crippen molar-refractivity contribution in [3.8, 4) is 5.75 Å². The van der Waals surface area contributed by atoms with Crippen LogP contribution in [0.1, 0.15) is 6.92 Å². The van der Waals surface area contributed by atoms with E-state index in [1.54, 1.807) is 18.3 Å². The van der Waals surface area contributed by atoms with E-state index in [0.717, 1.165) is 5.39 Å². The average molecular weight is 216 g/mol. The summed E-state index contributed by atoms with van der Waals surface area (Å²) in [5, 5.41) is 11.5. The SMILES string of the molecule is C[C@@H](Oc1cccc2cccnc12)C(=O)[O-]. The summed E-state index contributed by atoms with van der Waals surface area (Å²) in [4.78, 5) is 14.7. The van der Waals surface area contributed by atoms with E-state index in [1.807, 2.05) is 18.2 Å². The fourth-order valence-electron chi connectivity index (χ4n) is 1.41. The summed E-state index contributed by atoms with van der Waals surface area (Å²) in [6, 6.07) is 9.07. The van der Waals surface area contributed by atoms with E-state index in [1.165, 1.54) is 6.92 Å². The quantitative estimate of drug-likeness (QED) is 0.759. The number of ether oxygens (including phenoxy) is 1. The van der Waals surface area contributed by atoms with Crippen LogP contribution in [0, 0.1) is 0 Å². The minimum absolute atomic E-state index is 0.454. The van der Waals surface area contributed by atoms with Crippen molar-refractivity contribution in [1.29, 1.82) is 0 Å². The molecule has 82 valence electrons. The fraction of sp³-hybridized carbons (Fsp3) is 0.167. The number of carboxylic acid groups (broad SMARTS) is 1. The Labute approximate surface area is 92.5 Å². The molecule has 2 aromatic rings. The molecule has 1 aromatic carbocycles. The van der Waals surface area contributed by atoms with Crippen LogP contribution >= 0.6 is 0 Å². The van der Waals surface area contributed by atoms with E-state index >= 15 is 0 Å². The monoisotopic (exact) mass is 216 g/mol. The zero-order chi connectivity index (χ0) is 11.5. The van der Waals surface area contributed by atoms with Crippen molar-refractivity contribution in [2.24, 2.45) is 0 Å². The number of pyridine rings is 1. The van der Waals surface area contributed by atoms with Crippen molar-refractivity contribution in [3.05, 3.63) is 36.5 Å². The van der Waals surface area contributed by atoms with Crippen LogP contribution in [-0.4, -0.2) is 17.1 Å². The van der Waals surface area contributed by atoms with E-state index in [-0.39, 0.29) is 0 Å². The van der Waals surface area contributed by atoms with Crippen LogP contribution in [0.4, 0.5) is 0 Å². The number of fused-ring (bicyclic) bond motifs is 1. The van der Waals surface area contributed by atoms with Crippen LogP contribution in [0.3, 0.4) is 0 Å². The molecule has 0 aliphatic rings. The molecular formula is C12H10NO3-. The molecule has 0 unspecified atom stereocenters. The third-order valence-corrected chi connectivity index (χ3v) is 2.23. The van der Waals surface area contributed by atoms with E-state index in [0.29, 0.717) is 11.3 Å². The highest BCUT2D eigenvalue weighted by Gasteiger charge is 2.08. The summed E-state index contributed by atoms with van der Waals surface area (Å²) in [6.45, 7) is 1.43. The smallest absolute Gasteiger partial charge is 0.146 e. The van der Waals surface area contributed by atoms with Crippen molar-refractivity contribution >= 4 is 16.9 Å². The topological polar surface area (TPSA) is 62.2 Å². The molecule has 0 saturated heterocycles. The molecule has 2 rings (SSSR count). The summed E-state index contributed by atoms with van der Waals surface area (Å²) < 4.78 is 5.26. The maximum absolute atomic E-state index is 10.6. The number of benzene rings is 1. The van der Waals surface area contributed by atoms with Gasteiger partial charge in [-0.05, 0) is 19.1 Å². The van der Waals surface area contributed by atoms with Crippen LogP contribution in [0.15, 0.2) is 36.5 Å². The number of rotatable bonds is 3. The van der Waals surface area contributed by atoms with Gasteiger partial charge in [-0.15, -0.1) is 0 Å². The third kappa shape index (κ3) is 1.95. The zero-order valence-electron chi connectivity index (χ0n) is 8.71. The molecule has 0 aliphatic carbocycles. The van der Waals surface area contributed by atoms with E-state index in [2.05, 4.69) is 4.98 Å². The molecule has 0 saturated carbocycles. The highest BCUT2D eigenvalue weighted by molar-refractivity contribution is 5.84. The molecule has 1 aromatic heterocycles. The maximum atomic E-state index is 10.6. The first-order valence-electron chi connectivity index (χ1n) is 4.90. The second-order valence-corrected chi connectivity index (χ2v) is 3.41. The molecule has 0 radical (unpaired) electrons. The standard InChI is InChI=1S/C12H11NO3/c1-8(12(14)15)16-10-6-2-4-9-5-3-7-13-11(9)10/h2-8H,1H3,(H,14,15)/p-1/t8-/m1/s1. The molecule has 0 spiro atoms. The summed E-state index contributed by atoms with van der Waals surface area (Å²) in [5.41, 5.74) is 0.651. The molecule has 0 bridgehead atoms. The van der Waals surface area contributed by atoms with Crippen molar-refractivity contribution < 1.29 is 14.6 Å². The molecule has 4 heteroatoms. The number of aromatic nitrogens is 1. The van der Waals surface area contributed by atoms with Gasteiger partial charge in [0.25, 0.3) is 0 Å². The van der Waals surface area contributed by atoms with E-state index < -0.39 is 12.1 Å². The number of carbonyl (C=O) groups excluding carboxylic acids is 1. The van der Waals surface area contributed by atoms with Gasteiger partial charge < -0.3 is 14.6 Å². The summed E-state index contributed by atoms with van der Waals surface area (Å²) in [6.07, 6.45) is 0.645. The molecule has 1 heterocycles. The minimum atomic E-state index is -1.24. The average Bonchev–Trinajstić information content (AvgIpc) is 2.29. The lowest BCUT2D eigenvalue weighted by Gasteiger charge is -2.16. The Morgan fingerprint density at radius 3 is 2.88 bits per heavy atom. The van der Waals surface area contributed by atoms with Gasteiger partial charge in [0.05, 0.1) is 5.97 Å². The molecular weight excluding hydrogens is 206 g/mol. The van der Waals surface area contributed by atoms with Gasteiger partial charge >= 0.3 is 0 Å². The molecule has 1 atom stereocenters. The maximum Gasteiger partial charge on any atom is 0.146 e. The van der Waals surface area contributed by atoms with Crippen molar-refractivity contribution in [2.45, 2.75) is 13.0 Å². The Kier molecular flexibility index (Phi) is 2.72. The highest BCUT2D eigenvalue weighted by Crippen LogP contribution is 2.23. The normalized spacial score (nSPS) is 12.3. The van der Waals surface area contributed by atoms with Gasteiger partial charge in [-0.1, -0.05) is 18.2 Å². The van der Waals surface area contributed by atoms with Crippen molar-refractivity contribution in [2.75, 3.05) is 0 Å². The first-order valence-corrected chi connectivity index (χ1v) is 4.90. The van der Waals surface area contributed by atoms with Crippen LogP contribution < -0.4 is 9.84 Å². The van der Waals surface area contributed by atoms with Crippen LogP contribution in [-0.2, 0) is 4.79 Å². The van der Waals surface area contributed by atoms with Crippen LogP contribution in [0.5, 0.6) is 5.75 Å². The fourth-order valence-corrected chi connectivity index (χ4v) is 1.41. The predicted molar refractivity (Wildman–Crippen MR) is 56.8 cm³/mol. The van der Waals surface area contributed by atoms with E-state index in [9.17, 15) is 9.90 Å². The van der Waals surface area contributed by atoms with Crippen LogP contribution in [0.2, 0.25) is 0 Å². The van der Waals surface area contributed by atoms with Gasteiger partial charge in [-0.2, -0.15) is 0 Å². The van der Waals surface area contributed by atoms with E-state index in [4.69, 9.17) is 4.74 Å². The largest absolute Gasteiger partial charge is 0.546 e. The van der Waals surface area contributed by atoms with Gasteiger partial charge in [-0.25, -0.2) is 0 Å². The van der Waals surface area contributed by atoms with Gasteiger partial charge in [0.1, 0.15) is 17.4 Å². The minimum Gasteiger partial charge on any atom is -0.546 e. The Hall–Kier alpha value is -2.10. The number of nitrogens with zero attached hydrogens (tertiary/aromatic N) is 1. The third-order valence-electron chi connectivity index (χ3n) is 2.23. The first-order chi connectivity index (χ1) is 7.68. The number of carboxylic acids is 1. The second-order valence-electron chi connectivity index (χ2n) is 3.41. The van der Waals surface area contributed by atoms with Crippen molar-refractivity contribution in [1.82, 2.24) is 4.98 Å². The molecule has 0 amide bonds. The number of aliphatic carboxylic acids is 1. The molecule has 0 fully saturated rings. The number of para-hydroxylation sites is 1. The molecule has 0 aliphatic heterocycles. The van der Waals surface area contributed by atoms with Gasteiger partial charge in [-0.3, -0.25) is 4.98 Å². The van der Waals surface area contributed by atoms with Crippen LogP contribution in [0.25, 0.3) is 10.9 Å². The molecule has 16 heavy (non-hydrogen) atoms. The lowest BCUT2D eigenvalue weighted by Crippen LogP contribution is -2.37. The Bertz CT molecular complexity index is 519. The number of hydrogen-bond acceptors (Lipinski definition) is 4. The van der Waals surface area contributed by atoms with Gasteiger partial charge in [0, 0.05) is 11.6 Å². The number of carbonyl (C=O) groups is 1. The molecule has 0 N–H and O–H groups in total.